The maximum absolute atomic E-state index is 15.0. The quantitative estimate of drug-likeness (QED) is 0.283. The highest BCUT2D eigenvalue weighted by Crippen LogP contribution is 2.34. The Hall–Kier alpha value is -3.46. The maximum Gasteiger partial charge on any atom is 0.255 e. The highest BCUT2D eigenvalue weighted by Gasteiger charge is 2.27. The molecule has 194 valence electrons. The highest BCUT2D eigenvalue weighted by atomic mass is 35.5. The molecule has 0 unspecified atom stereocenters. The number of aromatic nitrogens is 4. The Labute approximate surface area is 230 Å². The number of likely N-dealkylation sites (tertiary alicyclic amines) is 1. The number of nitrogens with one attached hydrogen (secondary N) is 1. The van der Waals surface area contributed by atoms with Crippen LogP contribution in [-0.4, -0.2) is 43.8 Å². The van der Waals surface area contributed by atoms with Gasteiger partial charge in [0.25, 0.3) is 5.91 Å². The number of rotatable bonds is 6. The summed E-state index contributed by atoms with van der Waals surface area (Å²) in [6, 6.07) is 12.5. The van der Waals surface area contributed by atoms with E-state index in [4.69, 9.17) is 23.2 Å². The third-order valence-corrected chi connectivity index (χ3v) is 6.97. The molecule has 4 heterocycles. The molecule has 0 saturated carbocycles. The van der Waals surface area contributed by atoms with Gasteiger partial charge in [-0.1, -0.05) is 47.5 Å². The van der Waals surface area contributed by atoms with E-state index < -0.39 is 11.7 Å². The Kier molecular flexibility index (Phi) is 7.93. The maximum atomic E-state index is 15.0. The van der Waals surface area contributed by atoms with Crippen molar-refractivity contribution in [3.8, 4) is 11.4 Å². The molecule has 38 heavy (non-hydrogen) atoms. The molecule has 1 amide bonds. The molecular formula is C28H25Cl2FN6O. The van der Waals surface area contributed by atoms with Crippen LogP contribution in [0.3, 0.4) is 0 Å². The minimum atomic E-state index is -0.492. The first-order chi connectivity index (χ1) is 18.4. The summed E-state index contributed by atoms with van der Waals surface area (Å²) in [5.41, 5.74) is 3.72. The SMILES string of the molecule is Cc1cc(F)c(NC(=O)c2ccnc(Cl)c2)c(C2CCN(Cc3ccc(-c4ncc(Cl)cn4)cc3)CC2)n1. The zero-order valence-electron chi connectivity index (χ0n) is 20.7. The summed E-state index contributed by atoms with van der Waals surface area (Å²) in [6.07, 6.45) is 6.22. The van der Waals surface area contributed by atoms with Crippen molar-refractivity contribution in [1.29, 1.82) is 0 Å². The van der Waals surface area contributed by atoms with Crippen LogP contribution in [0.25, 0.3) is 11.4 Å². The number of nitrogens with zero attached hydrogens (tertiary/aromatic N) is 5. The molecule has 7 nitrogen and oxygen atoms in total. The Balaban J connectivity index is 1.24. The standard InChI is InChI=1S/C28H25Cl2FN6O/c1-17-12-23(31)26(36-28(38)21-6-9-32-24(30)13-21)25(35-17)19-7-10-37(11-8-19)16-18-2-4-20(5-3-18)27-33-14-22(29)15-34-27/h2-6,9,12-15,19H,7-8,10-11,16H2,1H3,(H,36,38). The number of carbonyl (C=O) groups excluding carboxylic acids is 1. The second-order valence-corrected chi connectivity index (χ2v) is 10.1. The topological polar surface area (TPSA) is 83.9 Å². The molecular weight excluding hydrogens is 526 g/mol. The molecule has 5 rings (SSSR count). The Morgan fingerprint density at radius 3 is 2.45 bits per heavy atom. The number of halogens is 3. The van der Waals surface area contributed by atoms with Crippen LogP contribution in [0.4, 0.5) is 10.1 Å². The van der Waals surface area contributed by atoms with Crippen LogP contribution >= 0.6 is 23.2 Å². The molecule has 4 aromatic rings. The normalized spacial score (nSPS) is 14.4. The third kappa shape index (κ3) is 6.15. The Morgan fingerprint density at radius 1 is 1.05 bits per heavy atom. The molecule has 0 spiro atoms. The average Bonchev–Trinajstić information content (AvgIpc) is 2.91. The zero-order valence-corrected chi connectivity index (χ0v) is 22.2. The van der Waals surface area contributed by atoms with E-state index in [-0.39, 0.29) is 16.8 Å². The van der Waals surface area contributed by atoms with Gasteiger partial charge in [-0.15, -0.1) is 0 Å². The summed E-state index contributed by atoms with van der Waals surface area (Å²) in [4.78, 5) is 32.2. The number of benzene rings is 1. The van der Waals surface area contributed by atoms with E-state index in [0.717, 1.165) is 38.0 Å². The predicted octanol–water partition coefficient (Wildman–Crippen LogP) is 6.32. The summed E-state index contributed by atoms with van der Waals surface area (Å²) in [5.74, 6) is -0.283. The first-order valence-electron chi connectivity index (χ1n) is 12.2. The average molecular weight is 551 g/mol. The van der Waals surface area contributed by atoms with Crippen molar-refractivity contribution in [2.45, 2.75) is 32.2 Å². The molecule has 0 aliphatic carbocycles. The van der Waals surface area contributed by atoms with Crippen LogP contribution < -0.4 is 5.32 Å². The van der Waals surface area contributed by atoms with Crippen molar-refractivity contribution >= 4 is 34.8 Å². The monoisotopic (exact) mass is 550 g/mol. The van der Waals surface area contributed by atoms with Crippen LogP contribution in [0, 0.1) is 12.7 Å². The van der Waals surface area contributed by atoms with E-state index in [1.165, 1.54) is 30.0 Å². The van der Waals surface area contributed by atoms with E-state index in [0.29, 0.717) is 27.8 Å². The number of piperidine rings is 1. The first-order valence-corrected chi connectivity index (χ1v) is 13.0. The molecule has 1 fully saturated rings. The van der Waals surface area contributed by atoms with Gasteiger partial charge in [0, 0.05) is 47.9 Å². The molecule has 3 aromatic heterocycles. The Morgan fingerprint density at radius 2 is 1.76 bits per heavy atom. The van der Waals surface area contributed by atoms with Crippen molar-refractivity contribution in [2.24, 2.45) is 0 Å². The Bertz CT molecular complexity index is 1440. The summed E-state index contributed by atoms with van der Waals surface area (Å²) in [5, 5.41) is 3.43. The molecule has 0 atom stereocenters. The molecule has 1 N–H and O–H groups in total. The van der Waals surface area contributed by atoms with Crippen LogP contribution in [0.1, 0.15) is 46.1 Å². The van der Waals surface area contributed by atoms with Gasteiger partial charge in [-0.3, -0.25) is 14.7 Å². The number of anilines is 1. The van der Waals surface area contributed by atoms with Crippen molar-refractivity contribution in [3.63, 3.8) is 0 Å². The van der Waals surface area contributed by atoms with Gasteiger partial charge in [0.1, 0.15) is 11.0 Å². The first kappa shape index (κ1) is 26.2. The van der Waals surface area contributed by atoms with Crippen LogP contribution in [-0.2, 0) is 6.54 Å². The van der Waals surface area contributed by atoms with E-state index in [2.05, 4.69) is 42.3 Å². The van der Waals surface area contributed by atoms with Crippen molar-refractivity contribution < 1.29 is 9.18 Å². The second kappa shape index (κ2) is 11.5. The molecule has 1 aliphatic rings. The number of hydrogen-bond acceptors (Lipinski definition) is 6. The van der Waals surface area contributed by atoms with Gasteiger partial charge in [-0.2, -0.15) is 0 Å². The van der Waals surface area contributed by atoms with Crippen LogP contribution in [0.5, 0.6) is 0 Å². The fourth-order valence-electron chi connectivity index (χ4n) is 4.65. The minimum Gasteiger partial charge on any atom is -0.318 e. The van der Waals surface area contributed by atoms with Crippen molar-refractivity contribution in [3.05, 3.63) is 99.6 Å². The smallest absolute Gasteiger partial charge is 0.255 e. The lowest BCUT2D eigenvalue weighted by molar-refractivity contribution is 0.102. The van der Waals surface area contributed by atoms with Crippen molar-refractivity contribution in [1.82, 2.24) is 24.8 Å². The lowest BCUT2D eigenvalue weighted by atomic mass is 9.91. The summed E-state index contributed by atoms with van der Waals surface area (Å²) < 4.78 is 15.0. The summed E-state index contributed by atoms with van der Waals surface area (Å²) in [7, 11) is 0. The fraction of sp³-hybridized carbons (Fsp3) is 0.250. The van der Waals surface area contributed by atoms with E-state index in [1.807, 2.05) is 12.1 Å². The van der Waals surface area contributed by atoms with Gasteiger partial charge >= 0.3 is 0 Å². The van der Waals surface area contributed by atoms with Gasteiger partial charge in [0.2, 0.25) is 0 Å². The van der Waals surface area contributed by atoms with Gasteiger partial charge in [-0.05, 0) is 56.6 Å². The number of amides is 1. The second-order valence-electron chi connectivity index (χ2n) is 9.30. The van der Waals surface area contributed by atoms with Gasteiger partial charge in [-0.25, -0.2) is 19.3 Å². The van der Waals surface area contributed by atoms with Gasteiger partial charge in [0.05, 0.1) is 16.4 Å². The van der Waals surface area contributed by atoms with Gasteiger partial charge < -0.3 is 5.32 Å². The molecule has 1 aromatic carbocycles. The summed E-state index contributed by atoms with van der Waals surface area (Å²) >= 11 is 11.8. The van der Waals surface area contributed by atoms with Gasteiger partial charge in [0.15, 0.2) is 5.82 Å². The van der Waals surface area contributed by atoms with E-state index in [1.54, 1.807) is 19.3 Å². The highest BCUT2D eigenvalue weighted by molar-refractivity contribution is 6.30. The van der Waals surface area contributed by atoms with E-state index >= 15 is 4.39 Å². The molecule has 10 heteroatoms. The summed E-state index contributed by atoms with van der Waals surface area (Å²) in [6.45, 7) is 4.22. The number of hydrogen-bond donors (Lipinski definition) is 1. The zero-order chi connectivity index (χ0) is 26.6. The number of aryl methyl sites for hydroxylation is 1. The predicted molar refractivity (Wildman–Crippen MR) is 146 cm³/mol. The lowest BCUT2D eigenvalue weighted by Gasteiger charge is -2.32. The minimum absolute atomic E-state index is 0.0291. The number of carbonyl (C=O) groups is 1. The van der Waals surface area contributed by atoms with Crippen molar-refractivity contribution in [2.75, 3.05) is 18.4 Å². The molecule has 1 aliphatic heterocycles. The van der Waals surface area contributed by atoms with Crippen LogP contribution in [0.15, 0.2) is 61.1 Å². The molecule has 0 radical (unpaired) electrons. The lowest BCUT2D eigenvalue weighted by Crippen LogP contribution is -2.33. The third-order valence-electron chi connectivity index (χ3n) is 6.57. The van der Waals surface area contributed by atoms with E-state index in [9.17, 15) is 4.79 Å². The molecule has 0 bridgehead atoms. The number of pyridine rings is 2. The largest absolute Gasteiger partial charge is 0.318 e. The molecule has 1 saturated heterocycles. The van der Waals surface area contributed by atoms with Crippen LogP contribution in [0.2, 0.25) is 10.2 Å². The fourth-order valence-corrected chi connectivity index (χ4v) is 4.92.